The van der Waals surface area contributed by atoms with Crippen LogP contribution in [0.25, 0.3) is 10.9 Å². The van der Waals surface area contributed by atoms with Crippen molar-refractivity contribution in [2.24, 2.45) is 0 Å². The van der Waals surface area contributed by atoms with E-state index in [0.29, 0.717) is 6.61 Å². The van der Waals surface area contributed by atoms with Crippen LogP contribution in [-0.4, -0.2) is 21.0 Å². The van der Waals surface area contributed by atoms with Gasteiger partial charge in [0, 0.05) is 27.1 Å². The van der Waals surface area contributed by atoms with E-state index in [2.05, 4.69) is 43.8 Å². The van der Waals surface area contributed by atoms with E-state index in [-0.39, 0.29) is 0 Å². The number of anilines is 2. The minimum Gasteiger partial charge on any atom is -0.492 e. The second-order valence-electron chi connectivity index (χ2n) is 5.24. The molecule has 0 spiro atoms. The summed E-state index contributed by atoms with van der Waals surface area (Å²) in [5.41, 5.74) is 3.62. The van der Waals surface area contributed by atoms with Gasteiger partial charge in [0.15, 0.2) is 0 Å². The van der Waals surface area contributed by atoms with Crippen LogP contribution in [0.3, 0.4) is 0 Å². The average molecular weight is 429 g/mol. The van der Waals surface area contributed by atoms with Crippen molar-refractivity contribution in [3.63, 3.8) is 0 Å². The summed E-state index contributed by atoms with van der Waals surface area (Å²) >= 11 is 2.29. The molecule has 0 radical (unpaired) electrons. The highest BCUT2D eigenvalue weighted by molar-refractivity contribution is 14.1. The normalized spacial score (nSPS) is 10.4. The van der Waals surface area contributed by atoms with Gasteiger partial charge < -0.3 is 10.1 Å². The number of fused-ring (bicyclic) bond motifs is 1. The molecule has 0 saturated carbocycles. The van der Waals surface area contributed by atoms with Gasteiger partial charge >= 0.3 is 0 Å². The number of rotatable bonds is 5. The van der Waals surface area contributed by atoms with Gasteiger partial charge in [0.1, 0.15) is 17.9 Å². The molecule has 3 rings (SSSR count). The number of benzene rings is 2. The van der Waals surface area contributed by atoms with E-state index in [1.165, 1.54) is 0 Å². The van der Waals surface area contributed by atoms with Gasteiger partial charge in [0.25, 0.3) is 0 Å². The molecule has 0 amide bonds. The Balaban J connectivity index is 1.99. The van der Waals surface area contributed by atoms with Gasteiger partial charge in [-0.25, -0.2) is 9.97 Å². The Morgan fingerprint density at radius 2 is 2.12 bits per heavy atom. The average Bonchev–Trinajstić information content (AvgIpc) is 2.61. The van der Waals surface area contributed by atoms with E-state index in [1.807, 2.05) is 43.3 Å². The zero-order valence-corrected chi connectivity index (χ0v) is 15.4. The van der Waals surface area contributed by atoms with Crippen LogP contribution in [0.1, 0.15) is 11.1 Å². The van der Waals surface area contributed by atoms with Crippen LogP contribution in [0.5, 0.6) is 5.75 Å². The maximum absolute atomic E-state index is 5.77. The molecular weight excluding hydrogens is 413 g/mol. The van der Waals surface area contributed by atoms with Gasteiger partial charge in [-0.1, -0.05) is 34.6 Å². The van der Waals surface area contributed by atoms with Crippen molar-refractivity contribution < 1.29 is 4.74 Å². The van der Waals surface area contributed by atoms with Crippen LogP contribution in [0.15, 0.2) is 42.7 Å². The molecule has 0 fully saturated rings. The lowest BCUT2D eigenvalue weighted by Crippen LogP contribution is -2.01. The van der Waals surface area contributed by atoms with Crippen LogP contribution < -0.4 is 10.1 Å². The predicted molar refractivity (Wildman–Crippen MR) is 106 cm³/mol. The monoisotopic (exact) mass is 429 g/mol. The maximum Gasteiger partial charge on any atom is 0.141 e. The topological polar surface area (TPSA) is 47.0 Å². The number of aryl methyl sites for hydroxylation is 1. The molecule has 0 unspecified atom stereocenters. The molecule has 1 N–H and O–H groups in total. The molecule has 3 aromatic rings. The van der Waals surface area contributed by atoms with E-state index in [4.69, 9.17) is 11.2 Å². The van der Waals surface area contributed by atoms with Crippen LogP contribution in [-0.2, 0) is 0 Å². The van der Waals surface area contributed by atoms with Gasteiger partial charge in [-0.3, -0.25) is 0 Å². The fourth-order valence-corrected chi connectivity index (χ4v) is 2.64. The van der Waals surface area contributed by atoms with Gasteiger partial charge in [0.05, 0.1) is 12.1 Å². The molecule has 1 aromatic heterocycles. The molecule has 0 aliphatic heterocycles. The van der Waals surface area contributed by atoms with Crippen LogP contribution in [0, 0.1) is 19.3 Å². The molecule has 0 saturated heterocycles. The van der Waals surface area contributed by atoms with Crippen molar-refractivity contribution >= 4 is 45.0 Å². The molecule has 0 aliphatic rings. The summed E-state index contributed by atoms with van der Waals surface area (Å²) in [4.78, 5) is 8.74. The first-order valence-electron chi connectivity index (χ1n) is 7.49. The molecule has 5 heteroatoms. The highest BCUT2D eigenvalue weighted by Crippen LogP contribution is 2.29. The highest BCUT2D eigenvalue weighted by atomic mass is 127. The molecular formula is C19H16IN3O. The van der Waals surface area contributed by atoms with Crippen molar-refractivity contribution in [3.05, 3.63) is 53.9 Å². The first-order valence-corrected chi connectivity index (χ1v) is 9.01. The molecule has 0 aliphatic carbocycles. The fourth-order valence-electron chi connectivity index (χ4n) is 2.42. The molecule has 0 bridgehead atoms. The van der Waals surface area contributed by atoms with E-state index < -0.39 is 0 Å². The number of hydrogen-bond donors (Lipinski definition) is 1. The zero-order valence-electron chi connectivity index (χ0n) is 13.2. The van der Waals surface area contributed by atoms with Crippen molar-refractivity contribution in [1.82, 2.24) is 9.97 Å². The number of terminal acetylenes is 1. The first kappa shape index (κ1) is 16.5. The largest absolute Gasteiger partial charge is 0.492 e. The van der Waals surface area contributed by atoms with Crippen molar-refractivity contribution in [2.75, 3.05) is 16.4 Å². The fraction of sp³-hybridized carbons (Fsp3) is 0.158. The minimum absolute atomic E-state index is 0.683. The van der Waals surface area contributed by atoms with Crippen molar-refractivity contribution in [2.45, 2.75) is 6.92 Å². The number of aromatic nitrogens is 2. The Morgan fingerprint density at radius 3 is 2.92 bits per heavy atom. The Labute approximate surface area is 154 Å². The molecule has 24 heavy (non-hydrogen) atoms. The van der Waals surface area contributed by atoms with Crippen LogP contribution in [0.4, 0.5) is 11.5 Å². The second-order valence-corrected chi connectivity index (χ2v) is 6.32. The number of nitrogens with one attached hydrogen (secondary N) is 1. The summed E-state index contributed by atoms with van der Waals surface area (Å²) < 4.78 is 6.71. The summed E-state index contributed by atoms with van der Waals surface area (Å²) in [5, 5.41) is 4.27. The number of ether oxygens (including phenoxy) is 1. The van der Waals surface area contributed by atoms with Gasteiger partial charge in [-0.2, -0.15) is 0 Å². The van der Waals surface area contributed by atoms with Gasteiger partial charge in [0.2, 0.25) is 0 Å². The number of halogens is 1. The number of alkyl halides is 1. The van der Waals surface area contributed by atoms with Gasteiger partial charge in [-0.15, -0.1) is 6.42 Å². The maximum atomic E-state index is 5.77. The quantitative estimate of drug-likeness (QED) is 0.369. The molecule has 0 atom stereocenters. The molecule has 120 valence electrons. The summed E-state index contributed by atoms with van der Waals surface area (Å²) in [6.45, 7) is 2.71. The Bertz CT molecular complexity index is 918. The number of hydrogen-bond acceptors (Lipinski definition) is 4. The predicted octanol–water partition coefficient (Wildman–Crippen LogP) is 4.48. The molecule has 4 nitrogen and oxygen atoms in total. The highest BCUT2D eigenvalue weighted by Gasteiger charge is 2.09. The third-order valence-corrected chi connectivity index (χ3v) is 4.00. The summed E-state index contributed by atoms with van der Waals surface area (Å²) in [6, 6.07) is 11.7. The van der Waals surface area contributed by atoms with E-state index in [9.17, 15) is 0 Å². The molecule has 2 aromatic carbocycles. The SMILES string of the molecule is C#Cc1cccc(Nc2ncnc3cc(OCCI)c(C)cc23)c1. The van der Waals surface area contributed by atoms with E-state index >= 15 is 0 Å². The summed E-state index contributed by atoms with van der Waals surface area (Å²) in [7, 11) is 0. The van der Waals surface area contributed by atoms with Crippen molar-refractivity contribution in [3.8, 4) is 18.1 Å². The Hall–Kier alpha value is -2.33. The second kappa shape index (κ2) is 7.49. The zero-order chi connectivity index (χ0) is 16.9. The third-order valence-electron chi connectivity index (χ3n) is 3.56. The van der Waals surface area contributed by atoms with Gasteiger partial charge in [-0.05, 0) is 36.8 Å². The lowest BCUT2D eigenvalue weighted by Gasteiger charge is -2.12. The Morgan fingerprint density at radius 1 is 1.25 bits per heavy atom. The van der Waals surface area contributed by atoms with E-state index in [1.54, 1.807) is 6.33 Å². The van der Waals surface area contributed by atoms with E-state index in [0.717, 1.165) is 43.7 Å². The Kier molecular flexibility index (Phi) is 5.16. The standard InChI is InChI=1S/C19H16IN3O/c1-3-14-5-4-6-15(10-14)23-19-16-9-13(2)18(24-8-7-20)11-17(16)21-12-22-19/h1,4-6,9-12H,7-8H2,2H3,(H,21,22,23). The summed E-state index contributed by atoms with van der Waals surface area (Å²) in [5.74, 6) is 4.24. The van der Waals surface area contributed by atoms with Crippen LogP contribution in [0.2, 0.25) is 0 Å². The minimum atomic E-state index is 0.683. The summed E-state index contributed by atoms with van der Waals surface area (Å²) in [6.07, 6.45) is 7.01. The lowest BCUT2D eigenvalue weighted by atomic mass is 10.1. The van der Waals surface area contributed by atoms with Crippen LogP contribution >= 0.6 is 22.6 Å². The first-order chi connectivity index (χ1) is 11.7. The van der Waals surface area contributed by atoms with Crippen molar-refractivity contribution in [1.29, 1.82) is 0 Å². The lowest BCUT2D eigenvalue weighted by molar-refractivity contribution is 0.344. The molecule has 1 heterocycles. The number of nitrogens with zero attached hydrogens (tertiary/aromatic N) is 2. The smallest absolute Gasteiger partial charge is 0.141 e. The third kappa shape index (κ3) is 3.60.